The zero-order valence-electron chi connectivity index (χ0n) is 24.2. The molecule has 3 atom stereocenters. The van der Waals surface area contributed by atoms with Crippen LogP contribution in [0.3, 0.4) is 0 Å². The van der Waals surface area contributed by atoms with Gasteiger partial charge in [0.2, 0.25) is 18.6 Å². The van der Waals surface area contributed by atoms with Gasteiger partial charge in [-0.3, -0.25) is 19.3 Å². The van der Waals surface area contributed by atoms with Gasteiger partial charge in [-0.25, -0.2) is 0 Å². The molecular weight excluding hydrogens is 500 g/mol. The number of carboxylic acids is 1. The lowest BCUT2D eigenvalue weighted by Gasteiger charge is -2.30. The fourth-order valence-corrected chi connectivity index (χ4v) is 5.53. The molecular formula is C29H46N4O6. The molecule has 1 fully saturated rings. The Morgan fingerprint density at radius 1 is 1.00 bits per heavy atom. The summed E-state index contributed by atoms with van der Waals surface area (Å²) in [6, 6.07) is 5.20. The number of likely N-dealkylation sites (tertiary alicyclic amines) is 1. The maximum absolute atomic E-state index is 13.6. The highest BCUT2D eigenvalue weighted by Crippen LogP contribution is 2.42. The first kappa shape index (κ1) is 30.7. The molecule has 10 heteroatoms. The van der Waals surface area contributed by atoms with E-state index in [-0.39, 0.29) is 37.1 Å². The number of carbonyl (C=O) groups excluding carboxylic acids is 2. The maximum atomic E-state index is 13.6. The van der Waals surface area contributed by atoms with Crippen LogP contribution in [0.1, 0.15) is 57.4 Å². The van der Waals surface area contributed by atoms with Gasteiger partial charge in [-0.05, 0) is 64.0 Å². The Kier molecular flexibility index (Phi) is 11.4. The van der Waals surface area contributed by atoms with Crippen LogP contribution in [0, 0.1) is 5.92 Å². The van der Waals surface area contributed by atoms with Gasteiger partial charge >= 0.3 is 5.97 Å². The second-order valence-electron chi connectivity index (χ2n) is 11.1. The van der Waals surface area contributed by atoms with E-state index in [0.29, 0.717) is 44.1 Å². The summed E-state index contributed by atoms with van der Waals surface area (Å²) in [5.41, 5.74) is 0.859. The predicted octanol–water partition coefficient (Wildman–Crippen LogP) is 2.72. The molecule has 0 bridgehead atoms. The van der Waals surface area contributed by atoms with E-state index in [1.54, 1.807) is 11.9 Å². The standard InChI is InChI=1S/C29H46N4O6/c1-6-7-14-32(15-9-8-13-30(3)4)27(35)19-33-18-23(22-10-11-25-26(17-22)39-20-38-25)28(29(36)37)24(33)12-16-31(5)21(2)34/h10-11,17,23-24,28H,6-9,12-16,18-20H2,1-5H3,(H,36,37)/t23-,24+,28-/m1/s1. The molecule has 2 aliphatic rings. The number of aliphatic carboxylic acids is 1. The molecule has 10 nitrogen and oxygen atoms in total. The van der Waals surface area contributed by atoms with Crippen molar-refractivity contribution >= 4 is 17.8 Å². The monoisotopic (exact) mass is 546 g/mol. The minimum atomic E-state index is -0.894. The number of nitrogens with zero attached hydrogens (tertiary/aromatic N) is 4. The molecule has 2 aliphatic heterocycles. The summed E-state index contributed by atoms with van der Waals surface area (Å²) >= 11 is 0. The van der Waals surface area contributed by atoms with E-state index in [9.17, 15) is 19.5 Å². The Hall–Kier alpha value is -2.85. The first-order valence-corrected chi connectivity index (χ1v) is 14.1. The van der Waals surface area contributed by atoms with E-state index in [1.165, 1.54) is 6.92 Å². The molecule has 0 aromatic heterocycles. The largest absolute Gasteiger partial charge is 0.481 e. The Bertz CT molecular complexity index is 987. The fraction of sp³-hybridized carbons (Fsp3) is 0.690. The summed E-state index contributed by atoms with van der Waals surface area (Å²) in [5, 5.41) is 10.4. The molecule has 2 heterocycles. The Morgan fingerprint density at radius 3 is 2.36 bits per heavy atom. The molecule has 1 N–H and O–H groups in total. The van der Waals surface area contributed by atoms with E-state index >= 15 is 0 Å². The van der Waals surface area contributed by atoms with Crippen molar-refractivity contribution < 1.29 is 29.0 Å². The summed E-state index contributed by atoms with van der Waals surface area (Å²) in [7, 11) is 5.82. The van der Waals surface area contributed by atoms with Gasteiger partial charge in [0.15, 0.2) is 11.5 Å². The molecule has 0 radical (unpaired) electrons. The van der Waals surface area contributed by atoms with Crippen LogP contribution in [-0.2, 0) is 14.4 Å². The fourth-order valence-electron chi connectivity index (χ4n) is 5.53. The number of ether oxygens (including phenoxy) is 2. The third kappa shape index (κ3) is 8.32. The number of unbranched alkanes of at least 4 members (excludes halogenated alkanes) is 2. The first-order chi connectivity index (χ1) is 18.6. The first-order valence-electron chi connectivity index (χ1n) is 14.1. The van der Waals surface area contributed by atoms with Crippen molar-refractivity contribution in [3.05, 3.63) is 23.8 Å². The average molecular weight is 547 g/mol. The molecule has 0 spiro atoms. The highest BCUT2D eigenvalue weighted by atomic mass is 16.7. The summed E-state index contributed by atoms with van der Waals surface area (Å²) in [6.45, 7) is 7.18. The van der Waals surface area contributed by atoms with Crippen LogP contribution < -0.4 is 9.47 Å². The van der Waals surface area contributed by atoms with Gasteiger partial charge in [-0.2, -0.15) is 0 Å². The van der Waals surface area contributed by atoms with E-state index in [4.69, 9.17) is 9.47 Å². The smallest absolute Gasteiger partial charge is 0.308 e. The number of rotatable bonds is 15. The Morgan fingerprint density at radius 2 is 1.69 bits per heavy atom. The summed E-state index contributed by atoms with van der Waals surface area (Å²) in [6.07, 6.45) is 4.35. The van der Waals surface area contributed by atoms with Crippen LogP contribution in [0.25, 0.3) is 0 Å². The van der Waals surface area contributed by atoms with Crippen molar-refractivity contribution in [3.8, 4) is 11.5 Å². The Labute approximate surface area is 232 Å². The Balaban J connectivity index is 1.82. The van der Waals surface area contributed by atoms with E-state index in [2.05, 4.69) is 11.8 Å². The number of amides is 2. The van der Waals surface area contributed by atoms with Crippen molar-refractivity contribution in [2.24, 2.45) is 5.92 Å². The summed E-state index contributed by atoms with van der Waals surface area (Å²) in [4.78, 5) is 45.9. The van der Waals surface area contributed by atoms with Gasteiger partial charge in [-0.1, -0.05) is 19.4 Å². The van der Waals surface area contributed by atoms with Gasteiger partial charge in [0.05, 0.1) is 12.5 Å². The number of carboxylic acid groups (broad SMARTS) is 1. The zero-order chi connectivity index (χ0) is 28.5. The maximum Gasteiger partial charge on any atom is 0.308 e. The van der Waals surface area contributed by atoms with Crippen LogP contribution in [-0.4, -0.2) is 116 Å². The molecule has 0 aliphatic carbocycles. The van der Waals surface area contributed by atoms with Crippen molar-refractivity contribution in [2.75, 3.05) is 67.2 Å². The zero-order valence-corrected chi connectivity index (χ0v) is 24.2. The van der Waals surface area contributed by atoms with Gasteiger partial charge < -0.3 is 29.3 Å². The second-order valence-corrected chi connectivity index (χ2v) is 11.1. The van der Waals surface area contributed by atoms with Crippen LogP contribution in [0.2, 0.25) is 0 Å². The number of carbonyl (C=O) groups is 3. The van der Waals surface area contributed by atoms with Gasteiger partial charge in [0, 0.05) is 52.1 Å². The third-order valence-corrected chi connectivity index (χ3v) is 7.91. The predicted molar refractivity (Wildman–Crippen MR) is 149 cm³/mol. The normalized spacial score (nSPS) is 20.4. The van der Waals surface area contributed by atoms with E-state index in [0.717, 1.165) is 37.8 Å². The summed E-state index contributed by atoms with van der Waals surface area (Å²) < 4.78 is 11.0. The number of hydrogen-bond donors (Lipinski definition) is 1. The molecule has 0 saturated carbocycles. The SMILES string of the molecule is CCCCN(CCCCN(C)C)C(=O)CN1C[C@H](c2ccc3c(c2)OCO3)[C@@H](C(=O)O)[C@@H]1CCN(C)C(C)=O. The van der Waals surface area contributed by atoms with Crippen molar-refractivity contribution in [3.63, 3.8) is 0 Å². The molecule has 39 heavy (non-hydrogen) atoms. The minimum Gasteiger partial charge on any atom is -0.481 e. The highest BCUT2D eigenvalue weighted by Gasteiger charge is 2.47. The second kappa shape index (κ2) is 14.5. The van der Waals surface area contributed by atoms with Crippen LogP contribution in [0.5, 0.6) is 11.5 Å². The van der Waals surface area contributed by atoms with Gasteiger partial charge in [0.25, 0.3) is 0 Å². The molecule has 218 valence electrons. The number of fused-ring (bicyclic) bond motifs is 1. The third-order valence-electron chi connectivity index (χ3n) is 7.91. The highest BCUT2D eigenvalue weighted by molar-refractivity contribution is 5.79. The summed E-state index contributed by atoms with van der Waals surface area (Å²) in [5.74, 6) is -0.704. The average Bonchev–Trinajstić information content (AvgIpc) is 3.50. The molecule has 1 aromatic rings. The van der Waals surface area contributed by atoms with E-state index < -0.39 is 11.9 Å². The molecule has 2 amide bonds. The minimum absolute atomic E-state index is 0.0358. The lowest BCUT2D eigenvalue weighted by molar-refractivity contribution is -0.144. The van der Waals surface area contributed by atoms with Crippen molar-refractivity contribution in [1.29, 1.82) is 0 Å². The quantitative estimate of drug-likeness (QED) is 0.335. The molecule has 1 aromatic carbocycles. The topological polar surface area (TPSA) is 103 Å². The lowest BCUT2D eigenvalue weighted by Crippen LogP contribution is -2.45. The molecule has 0 unspecified atom stereocenters. The van der Waals surface area contributed by atoms with Crippen LogP contribution in [0.15, 0.2) is 18.2 Å². The van der Waals surface area contributed by atoms with Crippen LogP contribution in [0.4, 0.5) is 0 Å². The van der Waals surface area contributed by atoms with Crippen LogP contribution >= 0.6 is 0 Å². The number of hydrogen-bond acceptors (Lipinski definition) is 7. The molecule has 1 saturated heterocycles. The van der Waals surface area contributed by atoms with Gasteiger partial charge in [0.1, 0.15) is 0 Å². The number of benzene rings is 1. The lowest BCUT2D eigenvalue weighted by atomic mass is 9.84. The van der Waals surface area contributed by atoms with Gasteiger partial charge in [-0.15, -0.1) is 0 Å². The molecule has 3 rings (SSSR count). The van der Waals surface area contributed by atoms with E-state index in [1.807, 2.05) is 42.1 Å². The van der Waals surface area contributed by atoms with Crippen molar-refractivity contribution in [1.82, 2.24) is 19.6 Å². The van der Waals surface area contributed by atoms with Crippen molar-refractivity contribution in [2.45, 2.75) is 57.9 Å².